The van der Waals surface area contributed by atoms with E-state index in [0.717, 1.165) is 48.9 Å². The second kappa shape index (κ2) is 12.0. The lowest BCUT2D eigenvalue weighted by atomic mass is 9.77. The van der Waals surface area contributed by atoms with Crippen LogP contribution in [0.1, 0.15) is 30.5 Å². The molecule has 1 heterocycles. The van der Waals surface area contributed by atoms with E-state index in [4.69, 9.17) is 25.8 Å². The predicted molar refractivity (Wildman–Crippen MR) is 131 cm³/mol. The van der Waals surface area contributed by atoms with Gasteiger partial charge in [0, 0.05) is 25.0 Å². The van der Waals surface area contributed by atoms with Gasteiger partial charge in [0.15, 0.2) is 0 Å². The maximum Gasteiger partial charge on any atom is 0.122 e. The molecule has 0 amide bonds. The van der Waals surface area contributed by atoms with Gasteiger partial charge in [-0.3, -0.25) is 4.90 Å². The molecule has 0 aliphatic carbocycles. The van der Waals surface area contributed by atoms with Crippen LogP contribution in [0.4, 0.5) is 0 Å². The normalized spacial score (nSPS) is 16.9. The minimum absolute atomic E-state index is 0.150. The van der Waals surface area contributed by atoms with Gasteiger partial charge < -0.3 is 24.4 Å². The highest BCUT2D eigenvalue weighted by Crippen LogP contribution is 2.34. The highest BCUT2D eigenvalue weighted by atomic mass is 35.5. The molecule has 2 aromatic carbocycles. The largest absolute Gasteiger partial charge is 0.491 e. The van der Waals surface area contributed by atoms with Crippen molar-refractivity contribution >= 4 is 11.6 Å². The lowest BCUT2D eigenvalue weighted by molar-refractivity contribution is 0.00465. The molecule has 0 spiro atoms. The van der Waals surface area contributed by atoms with Crippen LogP contribution in [0, 0.1) is 6.92 Å². The van der Waals surface area contributed by atoms with Crippen molar-refractivity contribution in [2.24, 2.45) is 0 Å². The first kappa shape index (κ1) is 25.8. The highest BCUT2D eigenvalue weighted by Gasteiger charge is 2.24. The van der Waals surface area contributed by atoms with Crippen molar-refractivity contribution in [3.63, 3.8) is 0 Å². The lowest BCUT2D eigenvalue weighted by Gasteiger charge is -2.28. The molecular formula is C26H36ClNO5. The summed E-state index contributed by atoms with van der Waals surface area (Å²) in [6.07, 6.45) is -1.21. The van der Waals surface area contributed by atoms with Gasteiger partial charge in [-0.25, -0.2) is 0 Å². The van der Waals surface area contributed by atoms with Crippen LogP contribution in [-0.4, -0.2) is 79.3 Å². The summed E-state index contributed by atoms with van der Waals surface area (Å²) in [5, 5.41) is 19.9. The highest BCUT2D eigenvalue weighted by molar-refractivity contribution is 6.18. The van der Waals surface area contributed by atoms with E-state index in [1.165, 1.54) is 5.56 Å². The fraction of sp³-hybridized carbons (Fsp3) is 0.538. The summed E-state index contributed by atoms with van der Waals surface area (Å²) in [6, 6.07) is 14.2. The van der Waals surface area contributed by atoms with E-state index >= 15 is 0 Å². The SMILES string of the molecule is Cc1cc(C(C)(C)c2ccc(OC[C@H](O)CN3CCOCC3)cc2)ccc1OC[C@H](O)CCl. The van der Waals surface area contributed by atoms with Crippen LogP contribution in [0.25, 0.3) is 0 Å². The average Bonchev–Trinajstić information content (AvgIpc) is 2.82. The standard InChI is InChI=1S/C26H36ClNO5/c1-19-14-21(6-9-25(19)33-17-22(29)15-27)26(2,3)20-4-7-24(8-5-20)32-18-23(30)16-28-10-12-31-13-11-28/h4-9,14,22-23,29-30H,10-13,15-18H2,1-3H3/t22-,23-/m1/s1. The minimum Gasteiger partial charge on any atom is -0.491 e. The van der Waals surface area contributed by atoms with E-state index < -0.39 is 12.2 Å². The summed E-state index contributed by atoms with van der Waals surface area (Å²) in [5.41, 5.74) is 3.12. The Kier molecular flexibility index (Phi) is 9.41. The number of nitrogens with zero attached hydrogens (tertiary/aromatic N) is 1. The number of aliphatic hydroxyl groups excluding tert-OH is 2. The zero-order chi connectivity index (χ0) is 23.8. The molecule has 2 aromatic rings. The number of hydrogen-bond acceptors (Lipinski definition) is 6. The van der Waals surface area contributed by atoms with Crippen molar-refractivity contribution in [1.82, 2.24) is 4.90 Å². The zero-order valence-electron chi connectivity index (χ0n) is 19.8. The van der Waals surface area contributed by atoms with Crippen LogP contribution in [0.2, 0.25) is 0 Å². The Morgan fingerprint density at radius 1 is 0.970 bits per heavy atom. The molecule has 0 aromatic heterocycles. The molecule has 1 saturated heterocycles. The summed E-state index contributed by atoms with van der Waals surface area (Å²) in [5.74, 6) is 1.64. The second-order valence-electron chi connectivity index (χ2n) is 9.13. The Morgan fingerprint density at radius 3 is 2.24 bits per heavy atom. The van der Waals surface area contributed by atoms with Crippen LogP contribution in [0.3, 0.4) is 0 Å². The number of β-amino-alcohol motifs (C(OH)–C–C–N with tert-alkyl or cyclic N) is 1. The molecule has 1 aliphatic heterocycles. The maximum atomic E-state index is 10.3. The predicted octanol–water partition coefficient (Wildman–Crippen LogP) is 3.37. The molecular weight excluding hydrogens is 442 g/mol. The number of benzene rings is 2. The Labute approximate surface area is 202 Å². The zero-order valence-corrected chi connectivity index (χ0v) is 20.6. The van der Waals surface area contributed by atoms with Crippen LogP contribution in [0.15, 0.2) is 42.5 Å². The number of alkyl halides is 1. The topological polar surface area (TPSA) is 71.4 Å². The van der Waals surface area contributed by atoms with E-state index in [-0.39, 0.29) is 24.5 Å². The van der Waals surface area contributed by atoms with Gasteiger partial charge in [0.25, 0.3) is 0 Å². The first-order valence-electron chi connectivity index (χ1n) is 11.5. The van der Waals surface area contributed by atoms with E-state index in [9.17, 15) is 10.2 Å². The van der Waals surface area contributed by atoms with E-state index in [0.29, 0.717) is 6.54 Å². The van der Waals surface area contributed by atoms with Gasteiger partial charge in [0.05, 0.1) is 19.1 Å². The Hall–Kier alpha value is -1.83. The number of ether oxygens (including phenoxy) is 3. The van der Waals surface area contributed by atoms with Crippen LogP contribution < -0.4 is 9.47 Å². The van der Waals surface area contributed by atoms with Crippen molar-refractivity contribution in [3.8, 4) is 11.5 Å². The molecule has 7 heteroatoms. The van der Waals surface area contributed by atoms with Crippen molar-refractivity contribution in [2.75, 3.05) is 51.9 Å². The average molecular weight is 478 g/mol. The fourth-order valence-corrected chi connectivity index (χ4v) is 3.98. The molecule has 0 unspecified atom stereocenters. The van der Waals surface area contributed by atoms with Crippen LogP contribution >= 0.6 is 11.6 Å². The van der Waals surface area contributed by atoms with Gasteiger partial charge in [0.2, 0.25) is 0 Å². The molecule has 0 saturated carbocycles. The molecule has 182 valence electrons. The first-order chi connectivity index (χ1) is 15.8. The van der Waals surface area contributed by atoms with Crippen LogP contribution in [0.5, 0.6) is 11.5 Å². The molecule has 6 nitrogen and oxygen atoms in total. The number of aryl methyl sites for hydroxylation is 1. The number of morpholine rings is 1. The molecule has 3 rings (SSSR count). The third kappa shape index (κ3) is 7.33. The summed E-state index contributed by atoms with van der Waals surface area (Å²) >= 11 is 5.64. The van der Waals surface area contributed by atoms with Crippen molar-refractivity contribution in [3.05, 3.63) is 59.2 Å². The summed E-state index contributed by atoms with van der Waals surface area (Å²) in [6.45, 7) is 10.5. The van der Waals surface area contributed by atoms with Crippen molar-refractivity contribution in [1.29, 1.82) is 0 Å². The van der Waals surface area contributed by atoms with Gasteiger partial charge in [-0.1, -0.05) is 38.1 Å². The van der Waals surface area contributed by atoms with Gasteiger partial charge in [0.1, 0.15) is 36.9 Å². The van der Waals surface area contributed by atoms with Gasteiger partial charge in [-0.05, 0) is 41.8 Å². The van der Waals surface area contributed by atoms with E-state index in [2.05, 4.69) is 43.0 Å². The molecule has 2 atom stereocenters. The third-order valence-corrected chi connectivity index (χ3v) is 6.45. The van der Waals surface area contributed by atoms with Crippen molar-refractivity contribution < 1.29 is 24.4 Å². The van der Waals surface area contributed by atoms with Gasteiger partial charge in [-0.15, -0.1) is 11.6 Å². The fourth-order valence-electron chi connectivity index (χ4n) is 3.89. The summed E-state index contributed by atoms with van der Waals surface area (Å²) in [7, 11) is 0. The summed E-state index contributed by atoms with van der Waals surface area (Å²) in [4.78, 5) is 2.20. The molecule has 33 heavy (non-hydrogen) atoms. The Bertz CT molecular complexity index is 867. The monoisotopic (exact) mass is 477 g/mol. The number of rotatable bonds is 11. The number of halogens is 1. The number of hydrogen-bond donors (Lipinski definition) is 2. The van der Waals surface area contributed by atoms with E-state index in [1.54, 1.807) is 0 Å². The molecule has 0 bridgehead atoms. The molecule has 1 aliphatic rings. The van der Waals surface area contributed by atoms with Gasteiger partial charge >= 0.3 is 0 Å². The maximum absolute atomic E-state index is 10.3. The molecule has 2 N–H and O–H groups in total. The number of aliphatic hydroxyl groups is 2. The van der Waals surface area contributed by atoms with Crippen LogP contribution in [-0.2, 0) is 10.2 Å². The van der Waals surface area contributed by atoms with Crippen molar-refractivity contribution in [2.45, 2.75) is 38.4 Å². The molecule has 1 fully saturated rings. The first-order valence-corrected chi connectivity index (χ1v) is 12.0. The Balaban J connectivity index is 1.57. The third-order valence-electron chi connectivity index (χ3n) is 6.10. The smallest absolute Gasteiger partial charge is 0.122 e. The minimum atomic E-state index is -0.677. The Morgan fingerprint density at radius 2 is 1.61 bits per heavy atom. The van der Waals surface area contributed by atoms with E-state index in [1.807, 2.05) is 25.1 Å². The molecule has 0 radical (unpaired) electrons. The second-order valence-corrected chi connectivity index (χ2v) is 9.44. The van der Waals surface area contributed by atoms with Gasteiger partial charge in [-0.2, -0.15) is 0 Å². The lowest BCUT2D eigenvalue weighted by Crippen LogP contribution is -2.42. The quantitative estimate of drug-likeness (QED) is 0.483. The summed E-state index contributed by atoms with van der Waals surface area (Å²) < 4.78 is 16.9.